The Balaban J connectivity index is 1.85. The molecule has 3 rings (SSSR count). The van der Waals surface area contributed by atoms with Crippen LogP contribution >= 0.6 is 0 Å². The third kappa shape index (κ3) is 2.76. The highest BCUT2D eigenvalue weighted by Gasteiger charge is 2.26. The Labute approximate surface area is 122 Å². The van der Waals surface area contributed by atoms with Gasteiger partial charge in [0.1, 0.15) is 5.75 Å². The zero-order valence-electron chi connectivity index (χ0n) is 11.7. The Hall–Kier alpha value is -2.69. The molecule has 0 N–H and O–H groups in total. The third-order valence-electron chi connectivity index (χ3n) is 3.16. The Bertz CT molecular complexity index is 666. The van der Waals surface area contributed by atoms with Crippen LogP contribution < -0.4 is 9.75 Å². The van der Waals surface area contributed by atoms with Crippen LogP contribution in [0.1, 0.15) is 18.9 Å². The highest BCUT2D eigenvalue weighted by Crippen LogP contribution is 2.24. The van der Waals surface area contributed by atoms with Crippen LogP contribution in [0, 0.1) is 0 Å². The fourth-order valence-corrected chi connectivity index (χ4v) is 2.18. The number of nitrogens with zero attached hydrogens (tertiary/aromatic N) is 3. The molecule has 0 saturated carbocycles. The molecule has 0 unspecified atom stereocenters. The predicted octanol–water partition coefficient (Wildman–Crippen LogP) is 2.62. The van der Waals surface area contributed by atoms with Gasteiger partial charge in [0.2, 0.25) is 0 Å². The van der Waals surface area contributed by atoms with Gasteiger partial charge < -0.3 is 4.74 Å². The summed E-state index contributed by atoms with van der Waals surface area (Å²) in [4.78, 5) is 16.2. The van der Waals surface area contributed by atoms with Crippen LogP contribution in [0.3, 0.4) is 0 Å². The lowest BCUT2D eigenvalue weighted by molar-refractivity contribution is -0.116. The summed E-state index contributed by atoms with van der Waals surface area (Å²) >= 11 is 0. The summed E-state index contributed by atoms with van der Waals surface area (Å²) in [5.74, 6) is 0.738. The van der Waals surface area contributed by atoms with Crippen molar-refractivity contribution in [1.29, 1.82) is 0 Å². The summed E-state index contributed by atoms with van der Waals surface area (Å²) in [5, 5.41) is 5.83. The van der Waals surface area contributed by atoms with E-state index < -0.39 is 0 Å². The molecule has 5 nitrogen and oxygen atoms in total. The highest BCUT2D eigenvalue weighted by molar-refractivity contribution is 6.19. The lowest BCUT2D eigenvalue weighted by Gasteiger charge is -2.12. The number of hydrogen-bond acceptors (Lipinski definition) is 4. The molecule has 2 aromatic rings. The molecule has 1 aromatic carbocycles. The van der Waals surface area contributed by atoms with Crippen molar-refractivity contribution in [3.63, 3.8) is 0 Å². The first-order valence-corrected chi connectivity index (χ1v) is 6.81. The second-order valence-electron chi connectivity index (χ2n) is 4.60. The monoisotopic (exact) mass is 281 g/mol. The number of benzene rings is 1. The third-order valence-corrected chi connectivity index (χ3v) is 3.16. The first-order valence-electron chi connectivity index (χ1n) is 6.81. The number of carbonyl (C=O) groups is 1. The van der Waals surface area contributed by atoms with Gasteiger partial charge >= 0.3 is 0 Å². The van der Waals surface area contributed by atoms with Crippen molar-refractivity contribution in [1.82, 2.24) is 4.98 Å². The molecule has 0 radical (unpaired) electrons. The standard InChI is InChI=1S/C16H15N3O2/c1-2-21-14-7-5-13(6-8-14)19-16(20)10-15(18-19)12-4-3-9-17-11-12/h3-9,11H,2,10H2,1H3. The molecule has 2 heterocycles. The number of carbonyl (C=O) groups excluding carboxylic acids is 1. The van der Waals surface area contributed by atoms with Gasteiger partial charge in [-0.15, -0.1) is 0 Å². The van der Waals surface area contributed by atoms with Crippen LogP contribution in [0.15, 0.2) is 53.9 Å². The minimum Gasteiger partial charge on any atom is -0.494 e. The molecular weight excluding hydrogens is 266 g/mol. The molecule has 1 aliphatic heterocycles. The number of anilines is 1. The van der Waals surface area contributed by atoms with E-state index in [1.165, 1.54) is 5.01 Å². The lowest BCUT2D eigenvalue weighted by atomic mass is 10.1. The lowest BCUT2D eigenvalue weighted by Crippen LogP contribution is -2.19. The Morgan fingerprint density at radius 2 is 2.05 bits per heavy atom. The quantitative estimate of drug-likeness (QED) is 0.865. The van der Waals surface area contributed by atoms with E-state index in [2.05, 4.69) is 10.1 Å². The molecule has 1 aliphatic rings. The highest BCUT2D eigenvalue weighted by atomic mass is 16.5. The zero-order chi connectivity index (χ0) is 14.7. The van der Waals surface area contributed by atoms with Gasteiger partial charge in [-0.2, -0.15) is 5.10 Å². The van der Waals surface area contributed by atoms with Crippen molar-refractivity contribution in [3.05, 3.63) is 54.4 Å². The maximum absolute atomic E-state index is 12.1. The van der Waals surface area contributed by atoms with Crippen molar-refractivity contribution in [3.8, 4) is 5.75 Å². The van der Waals surface area contributed by atoms with Crippen LogP contribution in [-0.2, 0) is 4.79 Å². The maximum atomic E-state index is 12.1. The minimum atomic E-state index is -0.0435. The fraction of sp³-hybridized carbons (Fsp3) is 0.188. The maximum Gasteiger partial charge on any atom is 0.253 e. The normalized spacial score (nSPS) is 14.2. The number of hydrogen-bond donors (Lipinski definition) is 0. The summed E-state index contributed by atoms with van der Waals surface area (Å²) < 4.78 is 5.39. The van der Waals surface area contributed by atoms with Gasteiger partial charge in [0, 0.05) is 18.0 Å². The van der Waals surface area contributed by atoms with Crippen molar-refractivity contribution in [2.45, 2.75) is 13.3 Å². The summed E-state index contributed by atoms with van der Waals surface area (Å²) in [6, 6.07) is 11.1. The first-order chi connectivity index (χ1) is 10.3. The van der Waals surface area contributed by atoms with E-state index in [0.29, 0.717) is 13.0 Å². The first kappa shape index (κ1) is 13.3. The molecule has 0 aliphatic carbocycles. The zero-order valence-corrected chi connectivity index (χ0v) is 11.7. The fourth-order valence-electron chi connectivity index (χ4n) is 2.18. The Kier molecular flexibility index (Phi) is 3.64. The second kappa shape index (κ2) is 5.75. The smallest absolute Gasteiger partial charge is 0.253 e. The SMILES string of the molecule is CCOc1ccc(N2N=C(c3cccnc3)CC2=O)cc1. The number of rotatable bonds is 4. The van der Waals surface area contributed by atoms with Crippen LogP contribution in [0.25, 0.3) is 0 Å². The van der Waals surface area contributed by atoms with Crippen LogP contribution in [-0.4, -0.2) is 23.2 Å². The van der Waals surface area contributed by atoms with Gasteiger partial charge in [0.25, 0.3) is 5.91 Å². The van der Waals surface area contributed by atoms with Gasteiger partial charge in [0.05, 0.1) is 24.4 Å². The van der Waals surface area contributed by atoms with Crippen LogP contribution in [0.4, 0.5) is 5.69 Å². The van der Waals surface area contributed by atoms with Crippen molar-refractivity contribution < 1.29 is 9.53 Å². The average molecular weight is 281 g/mol. The summed E-state index contributed by atoms with van der Waals surface area (Å²) in [5.41, 5.74) is 2.35. The van der Waals surface area contributed by atoms with E-state index in [1.54, 1.807) is 12.4 Å². The van der Waals surface area contributed by atoms with E-state index in [4.69, 9.17) is 4.74 Å². The molecule has 0 spiro atoms. The van der Waals surface area contributed by atoms with E-state index in [0.717, 1.165) is 22.7 Å². The largest absolute Gasteiger partial charge is 0.494 e. The van der Waals surface area contributed by atoms with Gasteiger partial charge in [-0.25, -0.2) is 5.01 Å². The topological polar surface area (TPSA) is 54.8 Å². The molecule has 0 saturated heterocycles. The molecule has 21 heavy (non-hydrogen) atoms. The summed E-state index contributed by atoms with van der Waals surface area (Å²) in [6.45, 7) is 2.55. The Morgan fingerprint density at radius 3 is 2.71 bits per heavy atom. The van der Waals surface area contributed by atoms with E-state index >= 15 is 0 Å². The number of pyridine rings is 1. The minimum absolute atomic E-state index is 0.0435. The molecular formula is C16H15N3O2. The molecule has 5 heteroatoms. The molecule has 0 fully saturated rings. The number of amides is 1. The van der Waals surface area contributed by atoms with Gasteiger partial charge in [-0.05, 0) is 43.3 Å². The molecule has 1 aromatic heterocycles. The molecule has 0 atom stereocenters. The molecule has 1 amide bonds. The van der Waals surface area contributed by atoms with Crippen LogP contribution in [0.5, 0.6) is 5.75 Å². The van der Waals surface area contributed by atoms with E-state index in [9.17, 15) is 4.79 Å². The van der Waals surface area contributed by atoms with Gasteiger partial charge in [-0.3, -0.25) is 9.78 Å². The number of aromatic nitrogens is 1. The molecule has 0 bridgehead atoms. The van der Waals surface area contributed by atoms with Gasteiger partial charge in [-0.1, -0.05) is 0 Å². The van der Waals surface area contributed by atoms with Crippen molar-refractivity contribution >= 4 is 17.3 Å². The van der Waals surface area contributed by atoms with Crippen molar-refractivity contribution in [2.24, 2.45) is 5.10 Å². The van der Waals surface area contributed by atoms with Crippen molar-refractivity contribution in [2.75, 3.05) is 11.6 Å². The number of hydrazone groups is 1. The van der Waals surface area contributed by atoms with E-state index in [1.807, 2.05) is 43.3 Å². The average Bonchev–Trinajstić information content (AvgIpc) is 2.91. The van der Waals surface area contributed by atoms with Gasteiger partial charge in [0.15, 0.2) is 0 Å². The number of ether oxygens (including phenoxy) is 1. The summed E-state index contributed by atoms with van der Waals surface area (Å²) in [6.07, 6.45) is 3.71. The van der Waals surface area contributed by atoms with E-state index in [-0.39, 0.29) is 5.91 Å². The Morgan fingerprint density at radius 1 is 1.24 bits per heavy atom. The molecule has 106 valence electrons. The second-order valence-corrected chi connectivity index (χ2v) is 4.60. The predicted molar refractivity (Wildman–Crippen MR) is 80.5 cm³/mol. The van der Waals surface area contributed by atoms with Crippen LogP contribution in [0.2, 0.25) is 0 Å². The summed E-state index contributed by atoms with van der Waals surface area (Å²) in [7, 11) is 0.